The molecule has 3 rings (SSSR count). The number of methoxy groups -OCH3 is 1. The molecule has 2 aliphatic rings. The molecule has 0 aliphatic carbocycles. The van der Waals surface area contributed by atoms with Crippen LogP contribution in [0.25, 0.3) is 0 Å². The van der Waals surface area contributed by atoms with E-state index in [9.17, 15) is 9.59 Å². The van der Waals surface area contributed by atoms with Crippen molar-refractivity contribution in [2.45, 2.75) is 38.9 Å². The zero-order valence-electron chi connectivity index (χ0n) is 15.1. The molecule has 2 aliphatic heterocycles. The van der Waals surface area contributed by atoms with Crippen molar-refractivity contribution in [3.05, 3.63) is 17.0 Å². The monoisotopic (exact) mass is 350 g/mol. The fraction of sp³-hybridized carbons (Fsp3) is 0.706. The fourth-order valence-corrected chi connectivity index (χ4v) is 3.53. The Morgan fingerprint density at radius 3 is 2.96 bits per heavy atom. The molecule has 8 nitrogen and oxygen atoms in total. The van der Waals surface area contributed by atoms with Crippen LogP contribution in [0.2, 0.25) is 0 Å². The van der Waals surface area contributed by atoms with Gasteiger partial charge in [0.2, 0.25) is 5.91 Å². The number of H-pyrrole nitrogens is 1. The predicted molar refractivity (Wildman–Crippen MR) is 90.2 cm³/mol. The van der Waals surface area contributed by atoms with Crippen LogP contribution in [0.5, 0.6) is 0 Å². The molecule has 0 unspecified atom stereocenters. The third-order valence-corrected chi connectivity index (χ3v) is 4.82. The van der Waals surface area contributed by atoms with Crippen molar-refractivity contribution in [3.63, 3.8) is 0 Å². The van der Waals surface area contributed by atoms with Gasteiger partial charge in [-0.2, -0.15) is 5.10 Å². The zero-order valence-corrected chi connectivity index (χ0v) is 15.1. The average Bonchev–Trinajstić information content (AvgIpc) is 2.90. The molecule has 2 amide bonds. The lowest BCUT2D eigenvalue weighted by atomic mass is 9.99. The molecule has 1 fully saturated rings. The Morgan fingerprint density at radius 1 is 1.40 bits per heavy atom. The van der Waals surface area contributed by atoms with E-state index in [4.69, 9.17) is 9.47 Å². The van der Waals surface area contributed by atoms with Crippen molar-refractivity contribution < 1.29 is 19.1 Å². The van der Waals surface area contributed by atoms with E-state index in [0.717, 1.165) is 17.7 Å². The topological polar surface area (TPSA) is 87.8 Å². The highest BCUT2D eigenvalue weighted by atomic mass is 16.5. The van der Waals surface area contributed by atoms with Crippen LogP contribution in [0.1, 0.15) is 48.1 Å². The van der Waals surface area contributed by atoms with Gasteiger partial charge < -0.3 is 19.3 Å². The second-order valence-corrected chi connectivity index (χ2v) is 6.71. The molecule has 0 saturated carbocycles. The van der Waals surface area contributed by atoms with Gasteiger partial charge in [0.1, 0.15) is 6.54 Å². The number of ether oxygens (including phenoxy) is 2. The van der Waals surface area contributed by atoms with Crippen LogP contribution < -0.4 is 0 Å². The highest BCUT2D eigenvalue weighted by Gasteiger charge is 2.33. The molecule has 0 radical (unpaired) electrons. The van der Waals surface area contributed by atoms with E-state index >= 15 is 0 Å². The van der Waals surface area contributed by atoms with Crippen molar-refractivity contribution in [3.8, 4) is 0 Å². The van der Waals surface area contributed by atoms with Gasteiger partial charge >= 0.3 is 0 Å². The second kappa shape index (κ2) is 7.53. The normalized spacial score (nSPS) is 24.2. The molecule has 25 heavy (non-hydrogen) atoms. The Labute approximate surface area is 147 Å². The minimum absolute atomic E-state index is 0.0435. The van der Waals surface area contributed by atoms with Gasteiger partial charge in [0.25, 0.3) is 5.91 Å². The summed E-state index contributed by atoms with van der Waals surface area (Å²) in [5.41, 5.74) is 2.21. The summed E-state index contributed by atoms with van der Waals surface area (Å²) >= 11 is 0. The number of rotatable bonds is 4. The summed E-state index contributed by atoms with van der Waals surface area (Å²) in [5, 5.41) is 7.19. The Morgan fingerprint density at radius 2 is 2.20 bits per heavy atom. The molecule has 3 heterocycles. The lowest BCUT2D eigenvalue weighted by Crippen LogP contribution is -2.41. The summed E-state index contributed by atoms with van der Waals surface area (Å²) in [6.07, 6.45) is 1.34. The molecule has 1 aromatic heterocycles. The van der Waals surface area contributed by atoms with E-state index in [1.165, 1.54) is 0 Å². The molecule has 0 aromatic carbocycles. The molecule has 1 aromatic rings. The molecule has 138 valence electrons. The van der Waals surface area contributed by atoms with E-state index < -0.39 is 0 Å². The summed E-state index contributed by atoms with van der Waals surface area (Å²) in [6, 6.07) is 0. The van der Waals surface area contributed by atoms with E-state index in [0.29, 0.717) is 38.4 Å². The van der Waals surface area contributed by atoms with Crippen molar-refractivity contribution in [2.75, 3.05) is 39.9 Å². The van der Waals surface area contributed by atoms with Crippen molar-refractivity contribution in [1.82, 2.24) is 20.0 Å². The van der Waals surface area contributed by atoms with Crippen LogP contribution in [-0.2, 0) is 20.7 Å². The zero-order chi connectivity index (χ0) is 18.0. The largest absolute Gasteiger partial charge is 0.383 e. The summed E-state index contributed by atoms with van der Waals surface area (Å²) in [6.45, 7) is 6.29. The number of fused-ring (bicyclic) bond motifs is 1. The van der Waals surface area contributed by atoms with Gasteiger partial charge in [0.05, 0.1) is 24.5 Å². The van der Waals surface area contributed by atoms with Crippen molar-refractivity contribution in [1.29, 1.82) is 0 Å². The maximum absolute atomic E-state index is 13.0. The molecule has 8 heteroatoms. The first-order valence-corrected chi connectivity index (χ1v) is 8.79. The summed E-state index contributed by atoms with van der Waals surface area (Å²) < 4.78 is 10.8. The van der Waals surface area contributed by atoms with Crippen LogP contribution in [0, 0.1) is 0 Å². The standard InChI is InChI=1S/C17H26N4O4/c1-11-9-13-15(12(2)25-11)18-19-16(13)17(23)21-6-4-5-20(7-8-24-3)14(22)10-21/h11-12H,4-10H2,1-3H3,(H,18,19)/t11-,12+/m0/s1. The predicted octanol–water partition coefficient (Wildman–Crippen LogP) is 0.753. The highest BCUT2D eigenvalue weighted by molar-refractivity contribution is 5.96. The number of carbonyl (C=O) groups is 2. The average molecular weight is 350 g/mol. The number of hydrogen-bond acceptors (Lipinski definition) is 5. The van der Waals surface area contributed by atoms with E-state index in [1.807, 2.05) is 13.8 Å². The van der Waals surface area contributed by atoms with E-state index in [-0.39, 0.29) is 30.6 Å². The van der Waals surface area contributed by atoms with Crippen LogP contribution in [0.4, 0.5) is 0 Å². The molecule has 0 spiro atoms. The van der Waals surface area contributed by atoms with Crippen molar-refractivity contribution >= 4 is 11.8 Å². The lowest BCUT2D eigenvalue weighted by molar-refractivity contribution is -0.131. The quantitative estimate of drug-likeness (QED) is 0.866. The van der Waals surface area contributed by atoms with Gasteiger partial charge in [0, 0.05) is 38.7 Å². The summed E-state index contributed by atoms with van der Waals surface area (Å²) in [4.78, 5) is 28.8. The number of aromatic amines is 1. The number of aromatic nitrogens is 2. The summed E-state index contributed by atoms with van der Waals surface area (Å²) in [5.74, 6) is -0.224. The van der Waals surface area contributed by atoms with E-state index in [1.54, 1.807) is 16.9 Å². The SMILES string of the molecule is COCCN1CCCN(C(=O)c2n[nH]c3c2C[C@H](C)O[C@@H]3C)CC1=O. The van der Waals surface area contributed by atoms with Gasteiger partial charge in [-0.25, -0.2) is 0 Å². The minimum atomic E-state index is -0.180. The number of nitrogens with zero attached hydrogens (tertiary/aromatic N) is 3. The first-order chi connectivity index (χ1) is 12.0. The van der Waals surface area contributed by atoms with Gasteiger partial charge in [-0.05, 0) is 20.3 Å². The van der Waals surface area contributed by atoms with Crippen LogP contribution in [0.15, 0.2) is 0 Å². The Balaban J connectivity index is 1.75. The molecule has 1 saturated heterocycles. The lowest BCUT2D eigenvalue weighted by Gasteiger charge is -2.26. The molecule has 1 N–H and O–H groups in total. The van der Waals surface area contributed by atoms with Crippen LogP contribution in [-0.4, -0.2) is 77.8 Å². The second-order valence-electron chi connectivity index (χ2n) is 6.71. The first kappa shape index (κ1) is 17.9. The first-order valence-electron chi connectivity index (χ1n) is 8.79. The van der Waals surface area contributed by atoms with Gasteiger partial charge in [0.15, 0.2) is 5.69 Å². The maximum Gasteiger partial charge on any atom is 0.275 e. The highest BCUT2D eigenvalue weighted by Crippen LogP contribution is 2.30. The van der Waals surface area contributed by atoms with E-state index in [2.05, 4.69) is 10.2 Å². The molecule has 2 atom stereocenters. The number of nitrogens with one attached hydrogen (secondary N) is 1. The minimum Gasteiger partial charge on any atom is -0.383 e. The Bertz CT molecular complexity index is 645. The van der Waals surface area contributed by atoms with Crippen LogP contribution in [0.3, 0.4) is 0 Å². The van der Waals surface area contributed by atoms with Crippen LogP contribution >= 0.6 is 0 Å². The maximum atomic E-state index is 13.0. The number of carbonyl (C=O) groups excluding carboxylic acids is 2. The third-order valence-electron chi connectivity index (χ3n) is 4.82. The number of amides is 2. The smallest absolute Gasteiger partial charge is 0.275 e. The van der Waals surface area contributed by atoms with Gasteiger partial charge in [-0.1, -0.05) is 0 Å². The number of hydrogen-bond donors (Lipinski definition) is 1. The fourth-order valence-electron chi connectivity index (χ4n) is 3.53. The van der Waals surface area contributed by atoms with Gasteiger partial charge in [-0.15, -0.1) is 0 Å². The summed E-state index contributed by atoms with van der Waals surface area (Å²) in [7, 11) is 1.62. The third kappa shape index (κ3) is 3.69. The van der Waals surface area contributed by atoms with Gasteiger partial charge in [-0.3, -0.25) is 14.7 Å². The molecule has 0 bridgehead atoms. The van der Waals surface area contributed by atoms with Crippen molar-refractivity contribution in [2.24, 2.45) is 0 Å². The molecular weight excluding hydrogens is 324 g/mol. The Kier molecular flexibility index (Phi) is 5.39. The Hall–Kier alpha value is -1.93. The molecular formula is C17H26N4O4.